The van der Waals surface area contributed by atoms with Gasteiger partial charge in [0.05, 0.1) is 13.7 Å². The van der Waals surface area contributed by atoms with E-state index in [1.54, 1.807) is 7.11 Å². The first-order chi connectivity index (χ1) is 14.6. The van der Waals surface area contributed by atoms with Gasteiger partial charge in [0.15, 0.2) is 5.96 Å². The van der Waals surface area contributed by atoms with E-state index in [1.807, 2.05) is 44.2 Å². The lowest BCUT2D eigenvalue weighted by Crippen LogP contribution is -2.36. The Kier molecular flexibility index (Phi) is 10.1. The minimum atomic E-state index is 0. The summed E-state index contributed by atoms with van der Waals surface area (Å²) >= 11 is 0. The van der Waals surface area contributed by atoms with Crippen molar-refractivity contribution < 1.29 is 9.53 Å². The number of benzene rings is 2. The van der Waals surface area contributed by atoms with E-state index in [0.717, 1.165) is 54.3 Å². The molecule has 1 fully saturated rings. The SMILES string of the molecule is CCNC(=NCc1cccc(NC(=O)C2CCC2)c1)NCc1ccc(C)cc1OC.I. The molecule has 7 heteroatoms. The fourth-order valence-corrected chi connectivity index (χ4v) is 3.35. The standard InChI is InChI=1S/C24H32N4O2.HI/c1-4-25-24(27-16-20-12-11-17(2)13-22(20)30-3)26-15-18-7-5-10-21(14-18)28-23(29)19-8-6-9-19;/h5,7,10-14,19H,4,6,8-9,15-16H2,1-3H3,(H,28,29)(H2,25,26,27);1H. The average Bonchev–Trinajstić information content (AvgIpc) is 2.69. The molecule has 0 aromatic heterocycles. The number of nitrogens with one attached hydrogen (secondary N) is 3. The Labute approximate surface area is 202 Å². The van der Waals surface area contributed by atoms with Gasteiger partial charge in [0, 0.05) is 30.3 Å². The smallest absolute Gasteiger partial charge is 0.227 e. The Hall–Kier alpha value is -2.29. The summed E-state index contributed by atoms with van der Waals surface area (Å²) < 4.78 is 5.49. The molecule has 2 aromatic carbocycles. The van der Waals surface area contributed by atoms with Gasteiger partial charge in [-0.3, -0.25) is 4.79 Å². The van der Waals surface area contributed by atoms with Gasteiger partial charge in [-0.2, -0.15) is 0 Å². The molecule has 1 saturated carbocycles. The number of aliphatic imine (C=N–C) groups is 1. The molecule has 0 unspecified atom stereocenters. The van der Waals surface area contributed by atoms with E-state index < -0.39 is 0 Å². The second-order valence-corrected chi connectivity index (χ2v) is 7.68. The Morgan fingerprint density at radius 3 is 2.65 bits per heavy atom. The molecule has 0 atom stereocenters. The van der Waals surface area contributed by atoms with Crippen LogP contribution in [0.5, 0.6) is 5.75 Å². The van der Waals surface area contributed by atoms with Crippen molar-refractivity contribution in [1.29, 1.82) is 0 Å². The van der Waals surface area contributed by atoms with Crippen LogP contribution >= 0.6 is 24.0 Å². The summed E-state index contributed by atoms with van der Waals surface area (Å²) in [5, 5.41) is 9.67. The Morgan fingerprint density at radius 2 is 1.97 bits per heavy atom. The summed E-state index contributed by atoms with van der Waals surface area (Å²) in [6.07, 6.45) is 3.15. The number of carbonyl (C=O) groups excluding carboxylic acids is 1. The number of halogens is 1. The van der Waals surface area contributed by atoms with E-state index >= 15 is 0 Å². The van der Waals surface area contributed by atoms with Gasteiger partial charge in [0.1, 0.15) is 5.75 Å². The van der Waals surface area contributed by atoms with Crippen LogP contribution in [-0.4, -0.2) is 25.5 Å². The normalized spacial score (nSPS) is 13.6. The highest BCUT2D eigenvalue weighted by molar-refractivity contribution is 14.0. The molecular formula is C24H33IN4O2. The van der Waals surface area contributed by atoms with Gasteiger partial charge in [0.25, 0.3) is 0 Å². The van der Waals surface area contributed by atoms with Gasteiger partial charge in [-0.15, -0.1) is 24.0 Å². The number of anilines is 1. The third-order valence-electron chi connectivity index (χ3n) is 5.32. The Morgan fingerprint density at radius 1 is 1.16 bits per heavy atom. The van der Waals surface area contributed by atoms with E-state index in [9.17, 15) is 4.79 Å². The summed E-state index contributed by atoms with van der Waals surface area (Å²) in [7, 11) is 1.69. The number of amides is 1. The summed E-state index contributed by atoms with van der Waals surface area (Å²) in [4.78, 5) is 16.9. The fraction of sp³-hybridized carbons (Fsp3) is 0.417. The highest BCUT2D eigenvalue weighted by atomic mass is 127. The van der Waals surface area contributed by atoms with Crippen LogP contribution in [-0.2, 0) is 17.9 Å². The lowest BCUT2D eigenvalue weighted by Gasteiger charge is -2.24. The van der Waals surface area contributed by atoms with Gasteiger partial charge >= 0.3 is 0 Å². The molecule has 3 rings (SSSR count). The van der Waals surface area contributed by atoms with Crippen molar-refractivity contribution in [2.45, 2.75) is 46.2 Å². The molecule has 3 N–H and O–H groups in total. The molecule has 1 amide bonds. The topological polar surface area (TPSA) is 74.8 Å². The van der Waals surface area contributed by atoms with Crippen molar-refractivity contribution in [1.82, 2.24) is 10.6 Å². The molecule has 2 aromatic rings. The molecule has 0 radical (unpaired) electrons. The highest BCUT2D eigenvalue weighted by Gasteiger charge is 2.25. The van der Waals surface area contributed by atoms with Crippen molar-refractivity contribution in [2.75, 3.05) is 19.0 Å². The van der Waals surface area contributed by atoms with Crippen molar-refractivity contribution in [2.24, 2.45) is 10.9 Å². The summed E-state index contributed by atoms with van der Waals surface area (Å²) in [6, 6.07) is 14.1. The number of guanidine groups is 1. The monoisotopic (exact) mass is 536 g/mol. The van der Waals surface area contributed by atoms with Crippen LogP contribution in [0.15, 0.2) is 47.5 Å². The molecule has 0 aliphatic heterocycles. The molecule has 168 valence electrons. The molecule has 0 bridgehead atoms. The number of ether oxygens (including phenoxy) is 1. The first-order valence-corrected chi connectivity index (χ1v) is 10.6. The molecule has 0 heterocycles. The van der Waals surface area contributed by atoms with Gasteiger partial charge < -0.3 is 20.7 Å². The van der Waals surface area contributed by atoms with Crippen LogP contribution in [0.3, 0.4) is 0 Å². The lowest BCUT2D eigenvalue weighted by atomic mass is 9.85. The van der Waals surface area contributed by atoms with Crippen molar-refractivity contribution >= 4 is 41.5 Å². The van der Waals surface area contributed by atoms with E-state index in [4.69, 9.17) is 9.73 Å². The minimum Gasteiger partial charge on any atom is -0.496 e. The maximum atomic E-state index is 12.2. The maximum Gasteiger partial charge on any atom is 0.227 e. The van der Waals surface area contributed by atoms with Crippen LogP contribution in [0.2, 0.25) is 0 Å². The first-order valence-electron chi connectivity index (χ1n) is 10.6. The predicted molar refractivity (Wildman–Crippen MR) is 137 cm³/mol. The van der Waals surface area contributed by atoms with Crippen LogP contribution in [0, 0.1) is 12.8 Å². The molecule has 31 heavy (non-hydrogen) atoms. The highest BCUT2D eigenvalue weighted by Crippen LogP contribution is 2.27. The zero-order chi connectivity index (χ0) is 21.3. The number of hydrogen-bond donors (Lipinski definition) is 3. The number of nitrogens with zero attached hydrogens (tertiary/aromatic N) is 1. The summed E-state index contributed by atoms with van der Waals surface area (Å²) in [5.41, 5.74) is 4.13. The van der Waals surface area contributed by atoms with E-state index in [0.29, 0.717) is 13.1 Å². The fourth-order valence-electron chi connectivity index (χ4n) is 3.35. The Balaban J connectivity index is 0.00000341. The molecule has 0 spiro atoms. The van der Waals surface area contributed by atoms with Gasteiger partial charge in [-0.1, -0.05) is 30.7 Å². The van der Waals surface area contributed by atoms with Crippen LogP contribution in [0.25, 0.3) is 0 Å². The second-order valence-electron chi connectivity index (χ2n) is 7.68. The summed E-state index contributed by atoms with van der Waals surface area (Å²) in [6.45, 7) is 6.00. The molecule has 0 saturated heterocycles. The molecule has 1 aliphatic rings. The van der Waals surface area contributed by atoms with Gasteiger partial charge in [-0.05, 0) is 56.0 Å². The second kappa shape index (κ2) is 12.5. The van der Waals surface area contributed by atoms with E-state index in [-0.39, 0.29) is 35.8 Å². The van der Waals surface area contributed by atoms with E-state index in [2.05, 4.69) is 28.1 Å². The van der Waals surface area contributed by atoms with Crippen molar-refractivity contribution in [3.05, 3.63) is 59.2 Å². The Bertz CT molecular complexity index is 897. The summed E-state index contributed by atoms with van der Waals surface area (Å²) in [5.74, 6) is 1.91. The molecular weight excluding hydrogens is 503 g/mol. The van der Waals surface area contributed by atoms with Gasteiger partial charge in [0.2, 0.25) is 5.91 Å². The van der Waals surface area contributed by atoms with Crippen LogP contribution in [0.1, 0.15) is 42.9 Å². The zero-order valence-electron chi connectivity index (χ0n) is 18.5. The largest absolute Gasteiger partial charge is 0.496 e. The average molecular weight is 536 g/mol. The number of methoxy groups -OCH3 is 1. The third kappa shape index (κ3) is 7.41. The number of rotatable bonds is 8. The number of hydrogen-bond acceptors (Lipinski definition) is 3. The first kappa shape index (κ1) is 25.0. The van der Waals surface area contributed by atoms with Crippen molar-refractivity contribution in [3.8, 4) is 5.75 Å². The predicted octanol–water partition coefficient (Wildman–Crippen LogP) is 4.62. The molecule has 6 nitrogen and oxygen atoms in total. The third-order valence-corrected chi connectivity index (χ3v) is 5.32. The van der Waals surface area contributed by atoms with Crippen LogP contribution in [0.4, 0.5) is 5.69 Å². The van der Waals surface area contributed by atoms with E-state index in [1.165, 1.54) is 5.56 Å². The van der Waals surface area contributed by atoms with Crippen LogP contribution < -0.4 is 20.7 Å². The number of aryl methyl sites for hydroxylation is 1. The minimum absolute atomic E-state index is 0. The maximum absolute atomic E-state index is 12.2. The number of carbonyl (C=O) groups is 1. The van der Waals surface area contributed by atoms with Gasteiger partial charge in [-0.25, -0.2) is 4.99 Å². The molecule has 1 aliphatic carbocycles. The van der Waals surface area contributed by atoms with Crippen molar-refractivity contribution in [3.63, 3.8) is 0 Å². The zero-order valence-corrected chi connectivity index (χ0v) is 20.9. The quantitative estimate of drug-likeness (QED) is 0.262. The lowest BCUT2D eigenvalue weighted by molar-refractivity contribution is -0.122.